The molecule has 0 unspecified atom stereocenters. The van der Waals surface area contributed by atoms with Crippen molar-refractivity contribution in [2.45, 2.75) is 19.1 Å². The number of halogens is 3. The van der Waals surface area contributed by atoms with Gasteiger partial charge in [-0.1, -0.05) is 30.3 Å². The second-order valence-electron chi connectivity index (χ2n) is 8.96. The summed E-state index contributed by atoms with van der Waals surface area (Å²) in [4.78, 5) is 21.8. The number of fused-ring (bicyclic) bond motifs is 1. The minimum atomic E-state index is -4.69. The number of ether oxygens (including phenoxy) is 1. The summed E-state index contributed by atoms with van der Waals surface area (Å²) in [5.41, 5.74) is 0.690. The number of rotatable bonds is 5. The van der Waals surface area contributed by atoms with Crippen molar-refractivity contribution >= 4 is 11.6 Å². The lowest BCUT2D eigenvalue weighted by Gasteiger charge is -2.38. The Hall–Kier alpha value is -3.92. The van der Waals surface area contributed by atoms with Gasteiger partial charge in [0.1, 0.15) is 11.3 Å². The van der Waals surface area contributed by atoms with Crippen molar-refractivity contribution in [3.8, 4) is 17.0 Å². The highest BCUT2D eigenvalue weighted by atomic mass is 19.4. The van der Waals surface area contributed by atoms with Gasteiger partial charge < -0.3 is 9.64 Å². The third-order valence-electron chi connectivity index (χ3n) is 6.81. The largest absolute Gasteiger partial charge is 0.497 e. The van der Waals surface area contributed by atoms with Gasteiger partial charge in [-0.25, -0.2) is 9.50 Å². The molecule has 1 aliphatic heterocycles. The molecule has 0 aliphatic carbocycles. The summed E-state index contributed by atoms with van der Waals surface area (Å²) in [5.74, 6) is 0.191. The van der Waals surface area contributed by atoms with E-state index in [2.05, 4.69) is 34.0 Å². The number of carbonyl (C=O) groups is 1. The topological polar surface area (TPSA) is 63.0 Å². The van der Waals surface area contributed by atoms with Gasteiger partial charge in [0.2, 0.25) is 0 Å². The Morgan fingerprint density at radius 2 is 1.68 bits per heavy atom. The molecule has 1 aliphatic rings. The fourth-order valence-electron chi connectivity index (χ4n) is 4.65. The second-order valence-corrected chi connectivity index (χ2v) is 8.96. The summed E-state index contributed by atoms with van der Waals surface area (Å²) in [5, 5.41) is 3.90. The molecule has 1 amide bonds. The average molecular weight is 510 g/mol. The maximum Gasteiger partial charge on any atom is 0.433 e. The van der Waals surface area contributed by atoms with Crippen LogP contribution in [0.2, 0.25) is 0 Å². The first-order chi connectivity index (χ1) is 17.8. The third-order valence-corrected chi connectivity index (χ3v) is 6.81. The molecule has 10 heteroatoms. The molecule has 1 fully saturated rings. The highest BCUT2D eigenvalue weighted by Gasteiger charge is 2.36. The Morgan fingerprint density at radius 1 is 1.00 bits per heavy atom. The van der Waals surface area contributed by atoms with Gasteiger partial charge in [-0.2, -0.15) is 18.3 Å². The minimum absolute atomic E-state index is 0.0467. The summed E-state index contributed by atoms with van der Waals surface area (Å²) in [6, 6.07) is 17.8. The molecule has 0 saturated carbocycles. The SMILES string of the molecule is COc1ccc(-c2cc(C(F)(F)F)n3ncc(C(=O)N4CCN([C@H](C)c5ccccc5)CC4)c3n2)cc1. The number of carbonyl (C=O) groups excluding carboxylic acids is 1. The second kappa shape index (κ2) is 9.85. The van der Waals surface area contributed by atoms with Crippen molar-refractivity contribution in [3.05, 3.63) is 83.7 Å². The molecule has 1 saturated heterocycles. The van der Waals surface area contributed by atoms with Crippen LogP contribution in [0.3, 0.4) is 0 Å². The lowest BCUT2D eigenvalue weighted by Crippen LogP contribution is -2.49. The Labute approximate surface area is 212 Å². The van der Waals surface area contributed by atoms with Crippen LogP contribution >= 0.6 is 0 Å². The first kappa shape index (κ1) is 24.8. The van der Waals surface area contributed by atoms with Gasteiger partial charge >= 0.3 is 6.18 Å². The molecular weight excluding hydrogens is 483 g/mol. The monoisotopic (exact) mass is 509 g/mol. The molecule has 5 rings (SSSR count). The van der Waals surface area contributed by atoms with E-state index in [4.69, 9.17) is 4.74 Å². The van der Waals surface area contributed by atoms with Crippen molar-refractivity contribution in [2.75, 3.05) is 33.3 Å². The predicted molar refractivity (Wildman–Crippen MR) is 132 cm³/mol. The summed E-state index contributed by atoms with van der Waals surface area (Å²) in [6.07, 6.45) is -3.51. The van der Waals surface area contributed by atoms with E-state index in [1.807, 2.05) is 18.2 Å². The normalized spacial score (nSPS) is 15.6. The average Bonchev–Trinajstić information content (AvgIpc) is 3.35. The highest BCUT2D eigenvalue weighted by molar-refractivity contribution is 6.00. The number of piperazine rings is 1. The van der Waals surface area contributed by atoms with E-state index < -0.39 is 11.9 Å². The van der Waals surface area contributed by atoms with Crippen LogP contribution in [0, 0.1) is 0 Å². The maximum absolute atomic E-state index is 13.9. The van der Waals surface area contributed by atoms with Crippen molar-refractivity contribution in [3.63, 3.8) is 0 Å². The summed E-state index contributed by atoms with van der Waals surface area (Å²) >= 11 is 0. The van der Waals surface area contributed by atoms with Crippen LogP contribution < -0.4 is 4.74 Å². The number of benzene rings is 2. The van der Waals surface area contributed by atoms with E-state index in [0.29, 0.717) is 42.0 Å². The number of methoxy groups -OCH3 is 1. The molecule has 0 bridgehead atoms. The first-order valence-electron chi connectivity index (χ1n) is 11.9. The zero-order valence-electron chi connectivity index (χ0n) is 20.4. The zero-order chi connectivity index (χ0) is 26.2. The Balaban J connectivity index is 1.43. The van der Waals surface area contributed by atoms with Crippen molar-refractivity contribution < 1.29 is 22.7 Å². The van der Waals surface area contributed by atoms with Gasteiger partial charge in [0.15, 0.2) is 11.3 Å². The molecule has 3 heterocycles. The smallest absolute Gasteiger partial charge is 0.433 e. The van der Waals surface area contributed by atoms with E-state index in [-0.39, 0.29) is 28.9 Å². The van der Waals surface area contributed by atoms with Crippen LogP contribution in [0.25, 0.3) is 16.9 Å². The zero-order valence-corrected chi connectivity index (χ0v) is 20.4. The van der Waals surface area contributed by atoms with Crippen molar-refractivity contribution in [2.24, 2.45) is 0 Å². The first-order valence-corrected chi connectivity index (χ1v) is 11.9. The standard InChI is InChI=1S/C27H26F3N5O2/c1-18(19-6-4-3-5-7-19)33-12-14-34(15-13-33)26(36)22-17-31-35-24(27(28,29)30)16-23(32-25(22)35)20-8-10-21(37-2)11-9-20/h3-11,16-18H,12-15H2,1-2H3/t18-/m1/s1. The van der Waals surface area contributed by atoms with E-state index in [9.17, 15) is 18.0 Å². The summed E-state index contributed by atoms with van der Waals surface area (Å²) in [7, 11) is 1.51. The lowest BCUT2D eigenvalue weighted by molar-refractivity contribution is -0.142. The number of amides is 1. The van der Waals surface area contributed by atoms with Crippen LogP contribution in [0.15, 0.2) is 66.9 Å². The predicted octanol–water partition coefficient (Wildman–Crippen LogP) is 4.94. The lowest BCUT2D eigenvalue weighted by atomic mass is 10.1. The molecule has 2 aromatic heterocycles. The van der Waals surface area contributed by atoms with Gasteiger partial charge in [-0.3, -0.25) is 9.69 Å². The summed E-state index contributed by atoms with van der Waals surface area (Å²) in [6.45, 7) is 4.34. The number of hydrogen-bond donors (Lipinski definition) is 0. The number of hydrogen-bond acceptors (Lipinski definition) is 5. The molecule has 37 heavy (non-hydrogen) atoms. The van der Waals surface area contributed by atoms with Gasteiger partial charge in [-0.05, 0) is 42.8 Å². The molecule has 7 nitrogen and oxygen atoms in total. The van der Waals surface area contributed by atoms with Gasteiger partial charge in [0.05, 0.1) is 19.0 Å². The van der Waals surface area contributed by atoms with Gasteiger partial charge in [0.25, 0.3) is 5.91 Å². The summed E-state index contributed by atoms with van der Waals surface area (Å²) < 4.78 is 47.7. The van der Waals surface area contributed by atoms with Crippen LogP contribution in [0.5, 0.6) is 5.75 Å². The Bertz CT molecular complexity index is 1400. The van der Waals surface area contributed by atoms with Crippen LogP contribution in [0.4, 0.5) is 13.2 Å². The van der Waals surface area contributed by atoms with E-state index in [0.717, 1.165) is 6.07 Å². The molecule has 0 radical (unpaired) electrons. The Kier molecular flexibility index (Phi) is 6.59. The van der Waals surface area contributed by atoms with E-state index in [1.54, 1.807) is 29.2 Å². The van der Waals surface area contributed by atoms with Crippen molar-refractivity contribution in [1.82, 2.24) is 24.4 Å². The van der Waals surface area contributed by atoms with Gasteiger partial charge in [0, 0.05) is 37.8 Å². The number of alkyl halides is 3. The molecule has 2 aromatic carbocycles. The van der Waals surface area contributed by atoms with Crippen LogP contribution in [0.1, 0.15) is 34.6 Å². The maximum atomic E-state index is 13.9. The molecular formula is C27H26F3N5O2. The number of aromatic nitrogens is 3. The number of nitrogens with zero attached hydrogens (tertiary/aromatic N) is 5. The third kappa shape index (κ3) is 4.89. The molecule has 0 spiro atoms. The van der Waals surface area contributed by atoms with Gasteiger partial charge in [-0.15, -0.1) is 0 Å². The van der Waals surface area contributed by atoms with E-state index in [1.165, 1.54) is 18.9 Å². The molecule has 192 valence electrons. The fraction of sp³-hybridized carbons (Fsp3) is 0.296. The Morgan fingerprint density at radius 3 is 2.30 bits per heavy atom. The van der Waals surface area contributed by atoms with E-state index >= 15 is 0 Å². The van der Waals surface area contributed by atoms with Crippen molar-refractivity contribution in [1.29, 1.82) is 0 Å². The van der Waals surface area contributed by atoms with Crippen LogP contribution in [-0.2, 0) is 6.18 Å². The fourth-order valence-corrected chi connectivity index (χ4v) is 4.65. The molecule has 1 atom stereocenters. The van der Waals surface area contributed by atoms with Crippen LogP contribution in [-0.4, -0.2) is 63.6 Å². The quantitative estimate of drug-likeness (QED) is 0.381. The minimum Gasteiger partial charge on any atom is -0.497 e. The molecule has 4 aromatic rings. The molecule has 0 N–H and O–H groups in total. The highest BCUT2D eigenvalue weighted by Crippen LogP contribution is 2.33.